The van der Waals surface area contributed by atoms with Crippen molar-refractivity contribution in [3.05, 3.63) is 63.7 Å². The average Bonchev–Trinajstić information content (AvgIpc) is 3.25. The number of amides is 3. The van der Waals surface area contributed by atoms with Crippen LogP contribution >= 0.6 is 22.9 Å². The van der Waals surface area contributed by atoms with Crippen molar-refractivity contribution in [3.8, 4) is 10.6 Å². The van der Waals surface area contributed by atoms with Crippen LogP contribution in [0, 0.1) is 16.0 Å². The van der Waals surface area contributed by atoms with Crippen LogP contribution in [-0.4, -0.2) is 33.1 Å². The van der Waals surface area contributed by atoms with E-state index in [2.05, 4.69) is 26.1 Å². The Hall–Kier alpha value is -3.57. The molecule has 2 aromatic carbocycles. The van der Waals surface area contributed by atoms with Gasteiger partial charge in [0.05, 0.1) is 4.92 Å². The van der Waals surface area contributed by atoms with E-state index in [1.54, 1.807) is 18.2 Å². The molecule has 2 atom stereocenters. The maximum Gasteiger partial charge on any atom is 0.319 e. The van der Waals surface area contributed by atoms with Crippen molar-refractivity contribution in [1.82, 2.24) is 15.5 Å². The largest absolute Gasteiger partial charge is 0.326 e. The lowest BCUT2D eigenvalue weighted by molar-refractivity contribution is -0.384. The summed E-state index contributed by atoms with van der Waals surface area (Å²) in [5.74, 6) is -0.607. The monoisotopic (exact) mass is 488 g/mol. The number of benzene rings is 2. The lowest BCUT2D eigenvalue weighted by atomic mass is 9.98. The average molecular weight is 489 g/mol. The number of urea groups is 1. The van der Waals surface area contributed by atoms with E-state index < -0.39 is 22.9 Å². The molecule has 3 rings (SSSR count). The number of anilines is 2. The van der Waals surface area contributed by atoms with Gasteiger partial charge < -0.3 is 10.6 Å². The normalized spacial score (nSPS) is 12.5. The van der Waals surface area contributed by atoms with Gasteiger partial charge in [0.1, 0.15) is 11.0 Å². The Morgan fingerprint density at radius 3 is 2.52 bits per heavy atom. The van der Waals surface area contributed by atoms with E-state index in [1.807, 2.05) is 19.9 Å². The quantitative estimate of drug-likeness (QED) is 0.303. The number of nitro groups is 1. The Morgan fingerprint density at radius 1 is 1.15 bits per heavy atom. The number of hydrogen-bond donors (Lipinski definition) is 3. The zero-order valence-electron chi connectivity index (χ0n) is 17.7. The molecule has 172 valence electrons. The molecule has 0 aliphatic rings. The third-order valence-electron chi connectivity index (χ3n) is 4.84. The van der Waals surface area contributed by atoms with Gasteiger partial charge in [-0.05, 0) is 30.2 Å². The lowest BCUT2D eigenvalue weighted by Crippen LogP contribution is -2.49. The minimum Gasteiger partial charge on any atom is -0.326 e. The van der Waals surface area contributed by atoms with Crippen LogP contribution in [0.3, 0.4) is 0 Å². The Kier molecular flexibility index (Phi) is 7.91. The molecular formula is C21H21ClN6O4S. The van der Waals surface area contributed by atoms with Gasteiger partial charge in [-0.2, -0.15) is 0 Å². The van der Waals surface area contributed by atoms with Gasteiger partial charge in [-0.1, -0.05) is 55.3 Å². The summed E-state index contributed by atoms with van der Waals surface area (Å²) in [5.41, 5.74) is 1.04. The molecule has 10 nitrogen and oxygen atoms in total. The number of hydrogen-bond acceptors (Lipinski definition) is 7. The first-order chi connectivity index (χ1) is 15.8. The highest BCUT2D eigenvalue weighted by Crippen LogP contribution is 2.28. The van der Waals surface area contributed by atoms with Gasteiger partial charge in [-0.15, -0.1) is 10.2 Å². The molecule has 1 heterocycles. The highest BCUT2D eigenvalue weighted by molar-refractivity contribution is 7.18. The fourth-order valence-corrected chi connectivity index (χ4v) is 3.81. The van der Waals surface area contributed by atoms with Gasteiger partial charge in [-0.25, -0.2) is 4.79 Å². The molecule has 0 bridgehead atoms. The van der Waals surface area contributed by atoms with E-state index in [4.69, 9.17) is 11.6 Å². The van der Waals surface area contributed by atoms with E-state index in [9.17, 15) is 19.7 Å². The topological polar surface area (TPSA) is 139 Å². The maximum atomic E-state index is 12.9. The molecule has 3 N–H and O–H groups in total. The number of rotatable bonds is 8. The van der Waals surface area contributed by atoms with Gasteiger partial charge in [0.2, 0.25) is 11.0 Å². The third kappa shape index (κ3) is 6.46. The summed E-state index contributed by atoms with van der Waals surface area (Å²) in [7, 11) is 0. The summed E-state index contributed by atoms with van der Waals surface area (Å²) in [6.07, 6.45) is 0.639. The van der Waals surface area contributed by atoms with E-state index in [-0.39, 0.29) is 11.6 Å². The van der Waals surface area contributed by atoms with Crippen LogP contribution in [0.15, 0.2) is 48.5 Å². The summed E-state index contributed by atoms with van der Waals surface area (Å²) in [4.78, 5) is 35.6. The van der Waals surface area contributed by atoms with E-state index in [1.165, 1.54) is 35.6 Å². The zero-order valence-corrected chi connectivity index (χ0v) is 19.3. The van der Waals surface area contributed by atoms with Crippen LogP contribution in [-0.2, 0) is 4.79 Å². The number of nitrogens with one attached hydrogen (secondary N) is 3. The number of carbonyl (C=O) groups is 2. The maximum absolute atomic E-state index is 12.9. The molecule has 0 spiro atoms. The summed E-state index contributed by atoms with van der Waals surface area (Å²) in [6.45, 7) is 3.75. The molecule has 0 radical (unpaired) electrons. The number of nitro benzene ring substituents is 1. The third-order valence-corrected chi connectivity index (χ3v) is 5.97. The zero-order chi connectivity index (χ0) is 24.0. The first-order valence-electron chi connectivity index (χ1n) is 9.99. The Balaban J connectivity index is 1.66. The van der Waals surface area contributed by atoms with Gasteiger partial charge in [0.25, 0.3) is 5.69 Å². The van der Waals surface area contributed by atoms with E-state index >= 15 is 0 Å². The van der Waals surface area contributed by atoms with Crippen molar-refractivity contribution in [2.45, 2.75) is 26.3 Å². The van der Waals surface area contributed by atoms with Crippen LogP contribution < -0.4 is 16.0 Å². The van der Waals surface area contributed by atoms with Gasteiger partial charge in [0, 0.05) is 28.4 Å². The lowest BCUT2D eigenvalue weighted by Gasteiger charge is -2.23. The molecule has 0 aliphatic heterocycles. The minimum absolute atomic E-state index is 0.0907. The van der Waals surface area contributed by atoms with Crippen LogP contribution in [0.1, 0.15) is 20.3 Å². The molecule has 3 amide bonds. The van der Waals surface area contributed by atoms with Crippen molar-refractivity contribution in [1.29, 1.82) is 0 Å². The second kappa shape index (κ2) is 10.8. The summed E-state index contributed by atoms with van der Waals surface area (Å²) < 4.78 is 0. The molecule has 3 aromatic rings. The molecule has 0 saturated carbocycles. The first kappa shape index (κ1) is 24.1. The molecule has 0 saturated heterocycles. The second-order valence-electron chi connectivity index (χ2n) is 7.18. The summed E-state index contributed by atoms with van der Waals surface area (Å²) in [5, 5.41) is 28.3. The number of non-ortho nitro benzene ring substituents is 1. The number of halogens is 1. The number of aromatic nitrogens is 2. The fourth-order valence-electron chi connectivity index (χ4n) is 2.87. The minimum atomic E-state index is -0.841. The highest BCUT2D eigenvalue weighted by atomic mass is 35.5. The van der Waals surface area contributed by atoms with Gasteiger partial charge in [0.15, 0.2) is 0 Å². The molecule has 1 aromatic heterocycles. The molecule has 33 heavy (non-hydrogen) atoms. The second-order valence-corrected chi connectivity index (χ2v) is 8.59. The summed E-state index contributed by atoms with van der Waals surface area (Å²) in [6, 6.07) is 11.1. The highest BCUT2D eigenvalue weighted by Gasteiger charge is 2.27. The van der Waals surface area contributed by atoms with Gasteiger partial charge >= 0.3 is 6.03 Å². The van der Waals surface area contributed by atoms with Crippen LogP contribution in [0.5, 0.6) is 0 Å². The van der Waals surface area contributed by atoms with Crippen molar-refractivity contribution in [2.24, 2.45) is 5.92 Å². The number of nitrogens with zero attached hydrogens (tertiary/aromatic N) is 3. The van der Waals surface area contributed by atoms with Crippen LogP contribution in [0.2, 0.25) is 5.02 Å². The predicted octanol–water partition coefficient (Wildman–Crippen LogP) is 4.94. The Labute approximate surface area is 198 Å². The van der Waals surface area contributed by atoms with Gasteiger partial charge in [-0.3, -0.25) is 20.2 Å². The predicted molar refractivity (Wildman–Crippen MR) is 127 cm³/mol. The van der Waals surface area contributed by atoms with Crippen molar-refractivity contribution < 1.29 is 14.5 Å². The first-order valence-corrected chi connectivity index (χ1v) is 11.2. The molecule has 2 unspecified atom stereocenters. The molecule has 0 aliphatic carbocycles. The van der Waals surface area contributed by atoms with Crippen LogP contribution in [0.25, 0.3) is 10.6 Å². The SMILES string of the molecule is CCC(C)C(NC(=O)Nc1ccc([N+](=O)[O-])cc1)C(=O)Nc1nnc(-c2cccc(Cl)c2)s1. The van der Waals surface area contributed by atoms with Crippen molar-refractivity contribution >= 4 is 51.4 Å². The summed E-state index contributed by atoms with van der Waals surface area (Å²) >= 11 is 7.21. The van der Waals surface area contributed by atoms with Crippen molar-refractivity contribution in [2.75, 3.05) is 10.6 Å². The molecule has 0 fully saturated rings. The van der Waals surface area contributed by atoms with Crippen molar-refractivity contribution in [3.63, 3.8) is 0 Å². The standard InChI is InChI=1S/C21H21ClN6O4S/c1-3-12(2)17(24-20(30)23-15-7-9-16(10-8-15)28(31)32)18(29)25-21-27-26-19(33-21)13-5-4-6-14(22)11-13/h4-12,17H,3H2,1-2H3,(H2,23,24,30)(H,25,27,29). The Bertz CT molecular complexity index is 1150. The molecule has 12 heteroatoms. The van der Waals surface area contributed by atoms with E-state index in [0.29, 0.717) is 27.3 Å². The molecular weight excluding hydrogens is 468 g/mol. The van der Waals surface area contributed by atoms with Crippen LogP contribution in [0.4, 0.5) is 21.3 Å². The number of carbonyl (C=O) groups excluding carboxylic acids is 2. The smallest absolute Gasteiger partial charge is 0.319 e. The fraction of sp³-hybridized carbons (Fsp3) is 0.238. The van der Waals surface area contributed by atoms with E-state index in [0.717, 1.165) is 5.56 Å². The Morgan fingerprint density at radius 2 is 1.88 bits per heavy atom.